The van der Waals surface area contributed by atoms with Gasteiger partial charge >= 0.3 is 8.80 Å². The molecule has 0 saturated carbocycles. The molecule has 0 aliphatic carbocycles. The van der Waals surface area contributed by atoms with Crippen LogP contribution in [0.2, 0.25) is 11.1 Å². The number of carbonyl (C=O) groups excluding carboxylic acids is 1. The van der Waals surface area contributed by atoms with Crippen LogP contribution < -0.4 is 10.1 Å². The Morgan fingerprint density at radius 1 is 0.838 bits per heavy atom. The van der Waals surface area contributed by atoms with Crippen LogP contribution in [0.25, 0.3) is 0 Å². The van der Waals surface area contributed by atoms with Gasteiger partial charge in [0.15, 0.2) is 0 Å². The number of nitrogens with one attached hydrogen (secondary N) is 1. The number of benzene rings is 2. The fourth-order valence-corrected chi connectivity index (χ4v) is 6.22. The Hall–Kier alpha value is -2.30. The van der Waals surface area contributed by atoms with Gasteiger partial charge in [0.25, 0.3) is 0 Å². The molecule has 0 aliphatic heterocycles. The van der Waals surface area contributed by atoms with Crippen LogP contribution in [0, 0.1) is 0 Å². The average Bonchev–Trinajstić information content (AvgIpc) is 2.90. The molecule has 0 atom stereocenters. The first-order valence-electron chi connectivity index (χ1n) is 13.1. The van der Waals surface area contributed by atoms with Crippen molar-refractivity contribution in [2.24, 2.45) is 10.2 Å². The van der Waals surface area contributed by atoms with E-state index in [9.17, 15) is 4.79 Å². The number of rotatable bonds is 19. The van der Waals surface area contributed by atoms with Crippen molar-refractivity contribution in [3.8, 4) is 5.75 Å². The quantitative estimate of drug-likeness (QED) is 0.113. The first kappa shape index (κ1) is 30.9. The zero-order valence-electron chi connectivity index (χ0n) is 22.2. The van der Waals surface area contributed by atoms with E-state index in [4.69, 9.17) is 29.6 Å². The van der Waals surface area contributed by atoms with Crippen molar-refractivity contribution in [1.82, 2.24) is 5.32 Å². The number of unbranched alkanes of at least 4 members (excludes halogenated alkanes) is 2. The first-order chi connectivity index (χ1) is 18.0. The Bertz CT molecular complexity index is 923. The highest BCUT2D eigenvalue weighted by Crippen LogP contribution is 2.23. The van der Waals surface area contributed by atoms with Crippen LogP contribution >= 0.6 is 11.6 Å². The van der Waals surface area contributed by atoms with E-state index in [0.29, 0.717) is 56.2 Å². The summed E-state index contributed by atoms with van der Waals surface area (Å²) in [5.74, 6) is 0.806. The Morgan fingerprint density at radius 2 is 1.46 bits per heavy atom. The fraction of sp³-hybridized carbons (Fsp3) is 0.519. The van der Waals surface area contributed by atoms with Gasteiger partial charge in [-0.2, -0.15) is 10.2 Å². The lowest BCUT2D eigenvalue weighted by atomic mass is 10.2. The molecule has 0 saturated heterocycles. The Balaban J connectivity index is 1.78. The topological polar surface area (TPSA) is 90.7 Å². The van der Waals surface area contributed by atoms with E-state index in [-0.39, 0.29) is 5.91 Å². The summed E-state index contributed by atoms with van der Waals surface area (Å²) in [4.78, 5) is 11.9. The summed E-state index contributed by atoms with van der Waals surface area (Å²) in [6.07, 6.45) is 4.42. The molecule has 0 aliphatic rings. The highest BCUT2D eigenvalue weighted by Gasteiger charge is 2.40. The highest BCUT2D eigenvalue weighted by molar-refractivity contribution is 6.60. The summed E-state index contributed by atoms with van der Waals surface area (Å²) in [6, 6.07) is 15.2. The number of carbonyl (C=O) groups is 1. The van der Waals surface area contributed by atoms with Crippen LogP contribution in [-0.4, -0.2) is 47.7 Å². The molecule has 0 fully saturated rings. The van der Waals surface area contributed by atoms with Gasteiger partial charge in [0.05, 0.1) is 18.0 Å². The van der Waals surface area contributed by atoms with Crippen LogP contribution in [0.3, 0.4) is 0 Å². The molecule has 2 rings (SSSR count). The van der Waals surface area contributed by atoms with E-state index in [1.165, 1.54) is 0 Å². The molecule has 0 aromatic heterocycles. The van der Waals surface area contributed by atoms with Gasteiger partial charge in [-0.15, -0.1) is 0 Å². The molecule has 8 nitrogen and oxygen atoms in total. The van der Waals surface area contributed by atoms with E-state index < -0.39 is 8.80 Å². The van der Waals surface area contributed by atoms with Gasteiger partial charge in [0.1, 0.15) is 12.4 Å². The van der Waals surface area contributed by atoms with E-state index >= 15 is 0 Å². The molecule has 0 unspecified atom stereocenters. The third-order valence-corrected chi connectivity index (χ3v) is 8.65. The summed E-state index contributed by atoms with van der Waals surface area (Å²) >= 11 is 5.89. The molecule has 37 heavy (non-hydrogen) atoms. The lowest BCUT2D eigenvalue weighted by Gasteiger charge is -2.29. The third-order valence-electron chi connectivity index (χ3n) is 5.34. The lowest BCUT2D eigenvalue weighted by Crippen LogP contribution is -2.47. The van der Waals surface area contributed by atoms with Crippen molar-refractivity contribution in [1.29, 1.82) is 0 Å². The minimum atomic E-state index is -2.86. The van der Waals surface area contributed by atoms with Crippen LogP contribution in [-0.2, 0) is 18.1 Å². The standard InChI is InChI=1S/C27H40ClN3O5Si/c1-4-7-8-10-27(32)29-19-9-22-37(34-5-2,35-6-3)36-21-20-33-26-17-15-25(16-18-26)31-30-24-13-11-23(28)12-14-24/h11-18H,4-10,19-22H2,1-3H3,(H,29,32). The molecule has 204 valence electrons. The minimum absolute atomic E-state index is 0.0975. The maximum atomic E-state index is 11.9. The summed E-state index contributed by atoms with van der Waals surface area (Å²) in [5, 5.41) is 12.1. The Labute approximate surface area is 227 Å². The maximum Gasteiger partial charge on any atom is 0.501 e. The first-order valence-corrected chi connectivity index (χ1v) is 15.4. The number of amides is 1. The van der Waals surface area contributed by atoms with Crippen LogP contribution in [0.5, 0.6) is 5.75 Å². The molecular formula is C27H40ClN3O5Si. The summed E-state index contributed by atoms with van der Waals surface area (Å²) in [7, 11) is -2.86. The second-order valence-electron chi connectivity index (χ2n) is 8.33. The molecule has 10 heteroatoms. The van der Waals surface area contributed by atoms with Gasteiger partial charge < -0.3 is 23.3 Å². The average molecular weight is 550 g/mol. The lowest BCUT2D eigenvalue weighted by molar-refractivity contribution is -0.121. The zero-order valence-corrected chi connectivity index (χ0v) is 24.0. The molecule has 2 aromatic rings. The van der Waals surface area contributed by atoms with Crippen molar-refractivity contribution < 1.29 is 22.8 Å². The van der Waals surface area contributed by atoms with Gasteiger partial charge in [0.2, 0.25) is 5.91 Å². The fourth-order valence-electron chi connectivity index (χ4n) is 3.53. The number of azo groups is 1. The van der Waals surface area contributed by atoms with E-state index in [1.807, 2.05) is 50.2 Å². The van der Waals surface area contributed by atoms with Gasteiger partial charge in [-0.3, -0.25) is 4.79 Å². The third kappa shape index (κ3) is 12.7. The number of halogens is 1. The van der Waals surface area contributed by atoms with Gasteiger partial charge in [-0.25, -0.2) is 0 Å². The normalized spacial score (nSPS) is 11.7. The maximum absolute atomic E-state index is 11.9. The van der Waals surface area contributed by atoms with Crippen molar-refractivity contribution in [3.63, 3.8) is 0 Å². The molecular weight excluding hydrogens is 510 g/mol. The minimum Gasteiger partial charge on any atom is -0.491 e. The van der Waals surface area contributed by atoms with Gasteiger partial charge in [-0.1, -0.05) is 31.4 Å². The van der Waals surface area contributed by atoms with Crippen molar-refractivity contribution in [3.05, 3.63) is 53.6 Å². The molecule has 0 spiro atoms. The molecule has 1 N–H and O–H groups in total. The number of ether oxygens (including phenoxy) is 1. The molecule has 1 amide bonds. The van der Waals surface area contributed by atoms with Gasteiger partial charge in [0, 0.05) is 37.2 Å². The highest BCUT2D eigenvalue weighted by atomic mass is 35.5. The van der Waals surface area contributed by atoms with Crippen molar-refractivity contribution in [2.75, 3.05) is 33.0 Å². The number of hydrogen-bond donors (Lipinski definition) is 1. The number of hydrogen-bond acceptors (Lipinski definition) is 7. The summed E-state index contributed by atoms with van der Waals surface area (Å²) in [6.45, 7) is 8.28. The van der Waals surface area contributed by atoms with Crippen molar-refractivity contribution in [2.45, 2.75) is 58.9 Å². The van der Waals surface area contributed by atoms with Gasteiger partial charge in [-0.05, 0) is 75.2 Å². The predicted molar refractivity (Wildman–Crippen MR) is 149 cm³/mol. The molecule has 0 radical (unpaired) electrons. The molecule has 2 aromatic carbocycles. The largest absolute Gasteiger partial charge is 0.501 e. The van der Waals surface area contributed by atoms with E-state index in [2.05, 4.69) is 22.5 Å². The molecule has 0 heterocycles. The van der Waals surface area contributed by atoms with Crippen LogP contribution in [0.15, 0.2) is 58.8 Å². The predicted octanol–water partition coefficient (Wildman–Crippen LogP) is 7.25. The van der Waals surface area contributed by atoms with Crippen LogP contribution in [0.1, 0.15) is 52.9 Å². The van der Waals surface area contributed by atoms with Crippen LogP contribution in [0.4, 0.5) is 11.4 Å². The second kappa shape index (κ2) is 18.0. The zero-order chi connectivity index (χ0) is 26.8. The monoisotopic (exact) mass is 549 g/mol. The summed E-state index contributed by atoms with van der Waals surface area (Å²) < 4.78 is 24.0. The second-order valence-corrected chi connectivity index (χ2v) is 11.5. The summed E-state index contributed by atoms with van der Waals surface area (Å²) in [5.41, 5.74) is 1.45. The van der Waals surface area contributed by atoms with Crippen molar-refractivity contribution >= 4 is 37.7 Å². The van der Waals surface area contributed by atoms with E-state index in [0.717, 1.165) is 37.1 Å². The number of nitrogens with zero attached hydrogens (tertiary/aromatic N) is 2. The Morgan fingerprint density at radius 3 is 2.05 bits per heavy atom. The SMILES string of the molecule is CCCCCC(=O)NCCC[Si](OCC)(OCC)OCCOc1ccc(N=Nc2ccc(Cl)cc2)cc1. The molecule has 0 bridgehead atoms. The smallest absolute Gasteiger partial charge is 0.491 e. The Kier molecular flexibility index (Phi) is 15.1. The van der Waals surface area contributed by atoms with E-state index in [1.54, 1.807) is 12.1 Å².